The lowest BCUT2D eigenvalue weighted by Gasteiger charge is -2.20. The van der Waals surface area contributed by atoms with E-state index in [0.29, 0.717) is 18.5 Å². The van der Waals surface area contributed by atoms with Crippen molar-refractivity contribution in [1.29, 1.82) is 5.26 Å². The van der Waals surface area contributed by atoms with Gasteiger partial charge in [0.05, 0.1) is 7.11 Å². The number of likely N-dealkylation sites (tertiary alicyclic amines) is 1. The number of aryl methyl sites for hydroxylation is 1. The highest BCUT2D eigenvalue weighted by Gasteiger charge is 2.24. The molecular formula is C25H32N4O2. The molecule has 1 saturated heterocycles. The second kappa shape index (κ2) is 9.84. The van der Waals surface area contributed by atoms with Gasteiger partial charge in [0.1, 0.15) is 17.4 Å². The Morgan fingerprint density at radius 3 is 2.61 bits per heavy atom. The van der Waals surface area contributed by atoms with E-state index in [1.54, 1.807) is 13.2 Å². The highest BCUT2D eigenvalue weighted by atomic mass is 16.5. The average Bonchev–Trinajstić information content (AvgIpc) is 3.35. The van der Waals surface area contributed by atoms with Crippen molar-refractivity contribution in [3.05, 3.63) is 52.9 Å². The summed E-state index contributed by atoms with van der Waals surface area (Å²) in [6, 6.07) is 12.4. The predicted molar refractivity (Wildman–Crippen MR) is 123 cm³/mol. The van der Waals surface area contributed by atoms with E-state index in [2.05, 4.69) is 34.7 Å². The lowest BCUT2D eigenvalue weighted by molar-refractivity contribution is -0.117. The number of rotatable bonds is 7. The van der Waals surface area contributed by atoms with Crippen LogP contribution in [0.4, 0.5) is 0 Å². The lowest BCUT2D eigenvalue weighted by Crippen LogP contribution is -2.33. The molecule has 1 fully saturated rings. The summed E-state index contributed by atoms with van der Waals surface area (Å²) in [6.45, 7) is 11.1. The third-order valence-corrected chi connectivity index (χ3v) is 6.06. The smallest absolute Gasteiger partial charge is 0.261 e. The van der Waals surface area contributed by atoms with Gasteiger partial charge in [0.2, 0.25) is 0 Å². The van der Waals surface area contributed by atoms with E-state index in [1.807, 2.05) is 44.2 Å². The fourth-order valence-corrected chi connectivity index (χ4v) is 4.20. The summed E-state index contributed by atoms with van der Waals surface area (Å²) >= 11 is 0. The molecule has 1 amide bonds. The van der Waals surface area contributed by atoms with Gasteiger partial charge in [-0.05, 0) is 88.5 Å². The minimum absolute atomic E-state index is 0.133. The molecule has 1 aliphatic rings. The molecule has 1 N–H and O–H groups in total. The van der Waals surface area contributed by atoms with Gasteiger partial charge >= 0.3 is 0 Å². The van der Waals surface area contributed by atoms with Crippen LogP contribution in [-0.2, 0) is 4.79 Å². The number of nitrogens with zero attached hydrogens (tertiary/aromatic N) is 3. The highest BCUT2D eigenvalue weighted by molar-refractivity contribution is 6.01. The molecule has 164 valence electrons. The Balaban J connectivity index is 1.73. The van der Waals surface area contributed by atoms with Gasteiger partial charge in [-0.15, -0.1) is 0 Å². The van der Waals surface area contributed by atoms with Gasteiger partial charge in [0.15, 0.2) is 0 Å². The summed E-state index contributed by atoms with van der Waals surface area (Å²) < 4.78 is 7.35. The van der Waals surface area contributed by atoms with Gasteiger partial charge in [0.25, 0.3) is 5.91 Å². The number of benzene rings is 1. The highest BCUT2D eigenvalue weighted by Crippen LogP contribution is 2.24. The third-order valence-electron chi connectivity index (χ3n) is 6.06. The van der Waals surface area contributed by atoms with Crippen LogP contribution in [0.25, 0.3) is 11.8 Å². The van der Waals surface area contributed by atoms with Crippen molar-refractivity contribution in [2.24, 2.45) is 5.92 Å². The molecule has 3 rings (SSSR count). The van der Waals surface area contributed by atoms with E-state index < -0.39 is 0 Å². The van der Waals surface area contributed by atoms with Crippen LogP contribution in [0.15, 0.2) is 35.9 Å². The van der Waals surface area contributed by atoms with Crippen molar-refractivity contribution in [1.82, 2.24) is 14.8 Å². The molecule has 2 aromatic rings. The van der Waals surface area contributed by atoms with E-state index in [9.17, 15) is 10.1 Å². The summed E-state index contributed by atoms with van der Waals surface area (Å²) in [5.74, 6) is 0.930. The molecule has 0 bridgehead atoms. The normalized spacial score (nSPS) is 17.1. The summed E-state index contributed by atoms with van der Waals surface area (Å²) in [7, 11) is 1.64. The molecule has 0 saturated carbocycles. The number of hydrogen-bond donors (Lipinski definition) is 1. The molecule has 31 heavy (non-hydrogen) atoms. The fourth-order valence-electron chi connectivity index (χ4n) is 4.20. The van der Waals surface area contributed by atoms with Gasteiger partial charge in [-0.2, -0.15) is 5.26 Å². The van der Waals surface area contributed by atoms with Gasteiger partial charge in [-0.1, -0.05) is 0 Å². The topological polar surface area (TPSA) is 70.3 Å². The molecule has 1 unspecified atom stereocenters. The second-order valence-electron chi connectivity index (χ2n) is 8.48. The number of ether oxygens (including phenoxy) is 1. The second-order valence-corrected chi connectivity index (χ2v) is 8.48. The van der Waals surface area contributed by atoms with Crippen LogP contribution in [0.3, 0.4) is 0 Å². The van der Waals surface area contributed by atoms with Crippen LogP contribution < -0.4 is 10.1 Å². The standard InChI is InChI=1S/C25H32N4O2/c1-17(2)28-11-10-20(16-28)15-27-25(30)22(14-26)13-21-12-18(3)29(19(21)4)23-6-8-24(31-5)9-7-23/h6-9,12-13,17,20H,10-11,15-16H2,1-5H3,(H,27,30)/b22-13-. The number of nitriles is 1. The molecule has 2 heterocycles. The zero-order valence-corrected chi connectivity index (χ0v) is 19.1. The SMILES string of the molecule is COc1ccc(-n2c(C)cc(/C=C(/C#N)C(=O)NCC3CCN(C(C)C)C3)c2C)cc1. The number of hydrogen-bond acceptors (Lipinski definition) is 4. The number of methoxy groups -OCH3 is 1. The molecule has 1 aromatic heterocycles. The van der Waals surface area contributed by atoms with Gasteiger partial charge in [-0.3, -0.25) is 4.79 Å². The van der Waals surface area contributed by atoms with Crippen LogP contribution in [-0.4, -0.2) is 48.2 Å². The van der Waals surface area contributed by atoms with Crippen molar-refractivity contribution >= 4 is 12.0 Å². The Kier molecular flexibility index (Phi) is 7.19. The van der Waals surface area contributed by atoms with Crippen LogP contribution >= 0.6 is 0 Å². The monoisotopic (exact) mass is 420 g/mol. The van der Waals surface area contributed by atoms with Crippen LogP contribution in [0.5, 0.6) is 5.75 Å². The molecule has 6 nitrogen and oxygen atoms in total. The number of nitrogens with one attached hydrogen (secondary N) is 1. The maximum absolute atomic E-state index is 12.7. The Morgan fingerprint density at radius 2 is 2.03 bits per heavy atom. The molecule has 6 heteroatoms. The Morgan fingerprint density at radius 1 is 1.32 bits per heavy atom. The molecule has 1 aliphatic heterocycles. The number of amides is 1. The minimum atomic E-state index is -0.306. The Bertz CT molecular complexity index is 996. The van der Waals surface area contributed by atoms with Crippen molar-refractivity contribution in [2.45, 2.75) is 40.2 Å². The summed E-state index contributed by atoms with van der Waals surface area (Å²) in [4.78, 5) is 15.1. The first kappa shape index (κ1) is 22.6. The van der Waals surface area contributed by atoms with Crippen molar-refractivity contribution < 1.29 is 9.53 Å². The number of carbonyl (C=O) groups excluding carboxylic acids is 1. The first-order valence-electron chi connectivity index (χ1n) is 10.8. The van der Waals surface area contributed by atoms with E-state index in [-0.39, 0.29) is 11.5 Å². The van der Waals surface area contributed by atoms with Crippen LogP contribution in [0.2, 0.25) is 0 Å². The van der Waals surface area contributed by atoms with Gasteiger partial charge in [-0.25, -0.2) is 0 Å². The van der Waals surface area contributed by atoms with E-state index >= 15 is 0 Å². The number of aromatic nitrogens is 1. The summed E-state index contributed by atoms with van der Waals surface area (Å²) in [6.07, 6.45) is 2.76. The zero-order valence-electron chi connectivity index (χ0n) is 19.1. The minimum Gasteiger partial charge on any atom is -0.497 e. The van der Waals surface area contributed by atoms with Crippen LogP contribution in [0, 0.1) is 31.1 Å². The molecule has 0 radical (unpaired) electrons. The fraction of sp³-hybridized carbons (Fsp3) is 0.440. The molecule has 0 spiro atoms. The average molecular weight is 421 g/mol. The van der Waals surface area contributed by atoms with E-state index in [1.165, 1.54) is 0 Å². The maximum atomic E-state index is 12.7. The molecule has 1 aromatic carbocycles. The van der Waals surface area contributed by atoms with Crippen LogP contribution in [0.1, 0.15) is 37.2 Å². The van der Waals surface area contributed by atoms with Crippen molar-refractivity contribution in [3.8, 4) is 17.5 Å². The predicted octanol–water partition coefficient (Wildman–Crippen LogP) is 3.86. The quantitative estimate of drug-likeness (QED) is 0.546. The zero-order chi connectivity index (χ0) is 22.5. The number of carbonyl (C=O) groups is 1. The van der Waals surface area contributed by atoms with Gasteiger partial charge < -0.3 is 19.5 Å². The first-order valence-corrected chi connectivity index (χ1v) is 10.8. The molecule has 1 atom stereocenters. The van der Waals surface area contributed by atoms with Gasteiger partial charge in [0, 0.05) is 36.2 Å². The Labute approximate surface area is 185 Å². The largest absolute Gasteiger partial charge is 0.497 e. The summed E-state index contributed by atoms with van der Waals surface area (Å²) in [5, 5.41) is 12.6. The van der Waals surface area contributed by atoms with E-state index in [0.717, 1.165) is 47.9 Å². The first-order chi connectivity index (χ1) is 14.8. The lowest BCUT2D eigenvalue weighted by atomic mass is 10.1. The maximum Gasteiger partial charge on any atom is 0.261 e. The molecular weight excluding hydrogens is 388 g/mol. The Hall–Kier alpha value is -3.04. The third kappa shape index (κ3) is 5.18. The summed E-state index contributed by atoms with van der Waals surface area (Å²) in [5.41, 5.74) is 4.02. The van der Waals surface area contributed by atoms with Crippen molar-refractivity contribution in [3.63, 3.8) is 0 Å². The van der Waals surface area contributed by atoms with E-state index in [4.69, 9.17) is 4.74 Å². The molecule has 0 aliphatic carbocycles. The van der Waals surface area contributed by atoms with Crippen molar-refractivity contribution in [2.75, 3.05) is 26.7 Å².